The van der Waals surface area contributed by atoms with Crippen molar-refractivity contribution in [3.63, 3.8) is 0 Å². The summed E-state index contributed by atoms with van der Waals surface area (Å²) in [6.45, 7) is 0. The van der Waals surface area contributed by atoms with Crippen molar-refractivity contribution >= 4 is 5.82 Å². The average molecular weight is 410 g/mol. The minimum Gasteiger partial charge on any atom is -0.497 e. The molecule has 0 bridgehead atoms. The highest BCUT2D eigenvalue weighted by Crippen LogP contribution is 2.32. The highest BCUT2D eigenvalue weighted by Gasteiger charge is 2.24. The normalized spacial score (nSPS) is 11.6. The summed E-state index contributed by atoms with van der Waals surface area (Å²) in [6, 6.07) is 6.60. The van der Waals surface area contributed by atoms with Crippen LogP contribution in [0.2, 0.25) is 0 Å². The second kappa shape index (κ2) is 8.16. The van der Waals surface area contributed by atoms with Crippen molar-refractivity contribution in [1.29, 1.82) is 5.26 Å². The number of nitrogens with one attached hydrogen (secondary N) is 1. The Morgan fingerprint density at radius 1 is 1.07 bits per heavy atom. The molecule has 0 saturated carbocycles. The van der Waals surface area contributed by atoms with E-state index >= 15 is 0 Å². The van der Waals surface area contributed by atoms with Crippen LogP contribution in [0.4, 0.5) is 5.82 Å². The van der Waals surface area contributed by atoms with E-state index in [2.05, 4.69) is 10.3 Å². The van der Waals surface area contributed by atoms with Crippen molar-refractivity contribution < 1.29 is 9.47 Å². The fraction of sp³-hybridized carbons (Fsp3) is 0.300. The molecule has 156 valence electrons. The number of methoxy groups -OCH3 is 2. The third-order valence-electron chi connectivity index (χ3n) is 4.88. The number of aryl methyl sites for hydroxylation is 1. The fourth-order valence-electron chi connectivity index (χ4n) is 3.20. The Bertz CT molecular complexity index is 1230. The van der Waals surface area contributed by atoms with Crippen LogP contribution in [0.1, 0.15) is 23.0 Å². The zero-order chi connectivity index (χ0) is 22.0. The van der Waals surface area contributed by atoms with Crippen molar-refractivity contribution in [1.82, 2.24) is 18.7 Å². The molecule has 0 radical (unpaired) electrons. The third kappa shape index (κ3) is 3.53. The number of benzene rings is 1. The van der Waals surface area contributed by atoms with Gasteiger partial charge in [-0.05, 0) is 17.7 Å². The van der Waals surface area contributed by atoms with Gasteiger partial charge in [-0.2, -0.15) is 5.26 Å². The van der Waals surface area contributed by atoms with Gasteiger partial charge in [-0.25, -0.2) is 9.78 Å². The minimum atomic E-state index is -0.676. The van der Waals surface area contributed by atoms with E-state index in [1.165, 1.54) is 18.7 Å². The molecule has 0 saturated heterocycles. The van der Waals surface area contributed by atoms with Crippen LogP contribution in [0, 0.1) is 11.3 Å². The molecule has 2 aromatic heterocycles. The summed E-state index contributed by atoms with van der Waals surface area (Å²) in [5, 5.41) is 12.8. The maximum absolute atomic E-state index is 12.5. The van der Waals surface area contributed by atoms with E-state index in [1.807, 2.05) is 13.1 Å². The smallest absolute Gasteiger partial charge is 0.332 e. The molecule has 0 aliphatic rings. The van der Waals surface area contributed by atoms with Crippen molar-refractivity contribution in [2.24, 2.45) is 21.1 Å². The van der Waals surface area contributed by atoms with E-state index < -0.39 is 17.3 Å². The van der Waals surface area contributed by atoms with Gasteiger partial charge in [0.15, 0.2) is 5.56 Å². The molecule has 0 spiro atoms. The molecule has 3 aromatic rings. The van der Waals surface area contributed by atoms with Crippen molar-refractivity contribution in [3.05, 3.63) is 68.4 Å². The van der Waals surface area contributed by atoms with Gasteiger partial charge in [-0.3, -0.25) is 13.9 Å². The highest BCUT2D eigenvalue weighted by molar-refractivity contribution is 5.55. The van der Waals surface area contributed by atoms with Gasteiger partial charge < -0.3 is 19.4 Å². The largest absolute Gasteiger partial charge is 0.497 e. The Hall–Kier alpha value is -4.00. The molecule has 30 heavy (non-hydrogen) atoms. The number of anilines is 1. The topological polar surface area (TPSA) is 116 Å². The lowest BCUT2D eigenvalue weighted by molar-refractivity contribution is 0.393. The Labute approximate surface area is 172 Å². The van der Waals surface area contributed by atoms with E-state index in [4.69, 9.17) is 9.47 Å². The molecule has 2 heterocycles. The summed E-state index contributed by atoms with van der Waals surface area (Å²) in [5.74, 6) is 1.81. The maximum atomic E-state index is 12.5. The Morgan fingerprint density at radius 2 is 1.70 bits per heavy atom. The first kappa shape index (κ1) is 20.7. The third-order valence-corrected chi connectivity index (χ3v) is 4.88. The molecule has 1 aromatic carbocycles. The van der Waals surface area contributed by atoms with Gasteiger partial charge in [-0.15, -0.1) is 0 Å². The molecule has 0 aliphatic heterocycles. The summed E-state index contributed by atoms with van der Waals surface area (Å²) in [5.41, 5.74) is -0.695. The van der Waals surface area contributed by atoms with Crippen molar-refractivity contribution in [2.45, 2.75) is 6.04 Å². The molecule has 3 rings (SSSR count). The molecule has 10 nitrogen and oxygen atoms in total. The summed E-state index contributed by atoms with van der Waals surface area (Å²) in [7, 11) is 7.73. The Morgan fingerprint density at radius 3 is 2.20 bits per heavy atom. The van der Waals surface area contributed by atoms with Gasteiger partial charge in [0.05, 0.1) is 14.2 Å². The van der Waals surface area contributed by atoms with E-state index in [1.54, 1.807) is 49.4 Å². The van der Waals surface area contributed by atoms with Gasteiger partial charge in [0.2, 0.25) is 0 Å². The number of hydrogen-bond donors (Lipinski definition) is 1. The van der Waals surface area contributed by atoms with Crippen LogP contribution in [0.15, 0.2) is 40.2 Å². The molecular formula is C20H22N6O4. The van der Waals surface area contributed by atoms with Gasteiger partial charge in [0.25, 0.3) is 5.56 Å². The lowest BCUT2D eigenvalue weighted by Crippen LogP contribution is -2.40. The molecule has 0 fully saturated rings. The average Bonchev–Trinajstić information content (AvgIpc) is 3.18. The molecule has 1 atom stereocenters. The molecule has 0 aliphatic carbocycles. The van der Waals surface area contributed by atoms with Crippen LogP contribution >= 0.6 is 0 Å². The second-order valence-electron chi connectivity index (χ2n) is 6.66. The number of ether oxygens (including phenoxy) is 2. The lowest BCUT2D eigenvalue weighted by Gasteiger charge is -2.23. The maximum Gasteiger partial charge on any atom is 0.332 e. The summed E-state index contributed by atoms with van der Waals surface area (Å²) >= 11 is 0. The van der Waals surface area contributed by atoms with E-state index in [0.29, 0.717) is 22.9 Å². The zero-order valence-corrected chi connectivity index (χ0v) is 17.3. The Kier molecular flexibility index (Phi) is 5.64. The quantitative estimate of drug-likeness (QED) is 0.642. The SMILES string of the molecule is COc1cc(OC)cc([C@H](Nc2c(C#N)c(=O)n(C)c(=O)n2C)c2nccn2C)c1. The summed E-state index contributed by atoms with van der Waals surface area (Å²) in [4.78, 5) is 29.4. The van der Waals surface area contributed by atoms with E-state index in [9.17, 15) is 14.9 Å². The Balaban J connectivity index is 2.26. The first-order valence-electron chi connectivity index (χ1n) is 8.99. The fourth-order valence-corrected chi connectivity index (χ4v) is 3.20. The van der Waals surface area contributed by atoms with Crippen molar-refractivity contribution in [2.75, 3.05) is 19.5 Å². The van der Waals surface area contributed by atoms with Crippen LogP contribution in [0.25, 0.3) is 0 Å². The van der Waals surface area contributed by atoms with Crippen LogP contribution in [-0.4, -0.2) is 32.9 Å². The number of nitriles is 1. The molecule has 0 amide bonds. The number of rotatable bonds is 6. The number of nitrogens with zero attached hydrogens (tertiary/aromatic N) is 5. The zero-order valence-electron chi connectivity index (χ0n) is 17.3. The predicted octanol–water partition coefficient (Wildman–Crippen LogP) is 0.908. The van der Waals surface area contributed by atoms with E-state index in [-0.39, 0.29) is 11.4 Å². The van der Waals surface area contributed by atoms with Crippen LogP contribution in [0.3, 0.4) is 0 Å². The van der Waals surface area contributed by atoms with Gasteiger partial charge in [-0.1, -0.05) is 0 Å². The number of aromatic nitrogens is 4. The molecular weight excluding hydrogens is 388 g/mol. The molecule has 1 N–H and O–H groups in total. The second-order valence-corrected chi connectivity index (χ2v) is 6.66. The first-order valence-corrected chi connectivity index (χ1v) is 8.99. The highest BCUT2D eigenvalue weighted by atomic mass is 16.5. The van der Waals surface area contributed by atoms with Crippen LogP contribution < -0.4 is 26.0 Å². The molecule has 0 unspecified atom stereocenters. The molecule has 10 heteroatoms. The van der Waals surface area contributed by atoms with Crippen LogP contribution in [0.5, 0.6) is 11.5 Å². The monoisotopic (exact) mass is 410 g/mol. The van der Waals surface area contributed by atoms with Gasteiger partial charge in [0.1, 0.15) is 35.3 Å². The van der Waals surface area contributed by atoms with Gasteiger partial charge in [0, 0.05) is 39.6 Å². The van der Waals surface area contributed by atoms with Gasteiger partial charge >= 0.3 is 5.69 Å². The number of hydrogen-bond acceptors (Lipinski definition) is 7. The summed E-state index contributed by atoms with van der Waals surface area (Å²) in [6.07, 6.45) is 3.41. The number of imidazole rings is 1. The standard InChI is InChI=1S/C20H22N6O4/c1-24-7-6-22-18(24)16(12-8-13(29-4)10-14(9-12)30-5)23-17-15(11-21)19(27)26(3)20(28)25(17)2/h6-10,16,23H,1-5H3/t16-/m0/s1. The minimum absolute atomic E-state index is 0.0976. The lowest BCUT2D eigenvalue weighted by atomic mass is 10.0. The van der Waals surface area contributed by atoms with E-state index in [0.717, 1.165) is 4.57 Å². The van der Waals surface area contributed by atoms with Crippen LogP contribution in [-0.2, 0) is 21.1 Å². The predicted molar refractivity (Wildman–Crippen MR) is 110 cm³/mol. The van der Waals surface area contributed by atoms with Crippen molar-refractivity contribution in [3.8, 4) is 17.6 Å². The summed E-state index contributed by atoms with van der Waals surface area (Å²) < 4.78 is 14.7. The first-order chi connectivity index (χ1) is 14.3.